The second-order valence-corrected chi connectivity index (χ2v) is 9.83. The van der Waals surface area contributed by atoms with Crippen LogP contribution in [0.25, 0.3) is 0 Å². The van der Waals surface area contributed by atoms with E-state index in [4.69, 9.17) is 4.74 Å². The van der Waals surface area contributed by atoms with Gasteiger partial charge in [-0.15, -0.1) is 0 Å². The largest absolute Gasteiger partial charge is 0.497 e. The second-order valence-electron chi connectivity index (χ2n) is 9.83. The molecule has 5 rings (SSSR count). The summed E-state index contributed by atoms with van der Waals surface area (Å²) in [5.74, 6) is 1.96. The first-order valence-corrected chi connectivity index (χ1v) is 13.2. The number of carbonyl (C=O) groups is 1. The zero-order valence-corrected chi connectivity index (χ0v) is 22.5. The van der Waals surface area contributed by atoms with Crippen LogP contribution in [0.15, 0.2) is 48.5 Å². The van der Waals surface area contributed by atoms with Crippen LogP contribution >= 0.6 is 0 Å². The van der Waals surface area contributed by atoms with Gasteiger partial charge < -0.3 is 25.6 Å². The lowest BCUT2D eigenvalue weighted by atomic mass is 10.1. The van der Waals surface area contributed by atoms with Crippen LogP contribution in [0.1, 0.15) is 16.7 Å². The molecule has 3 aromatic rings. The van der Waals surface area contributed by atoms with Crippen LogP contribution in [-0.2, 0) is 24.4 Å². The topological polar surface area (TPSA) is 123 Å². The average Bonchev–Trinajstić information content (AvgIpc) is 3.37. The fraction of sp³-hybridized carbons (Fsp3) is 0.407. The monoisotopic (exact) mass is 532 g/mol. The van der Waals surface area contributed by atoms with Crippen molar-refractivity contribution < 1.29 is 9.53 Å². The van der Waals surface area contributed by atoms with Gasteiger partial charge in [-0.3, -0.25) is 15.1 Å². The molecule has 1 amide bonds. The minimum absolute atomic E-state index is 0.0520. The third kappa shape index (κ3) is 7.76. The molecule has 3 heterocycles. The highest BCUT2D eigenvalue weighted by molar-refractivity contribution is 5.79. The Labute approximate surface area is 228 Å². The molecule has 2 aromatic carbocycles. The minimum Gasteiger partial charge on any atom is -0.497 e. The maximum atomic E-state index is 11.6. The second kappa shape index (κ2) is 12.7. The van der Waals surface area contributed by atoms with Gasteiger partial charge in [0.15, 0.2) is 0 Å². The first-order valence-electron chi connectivity index (χ1n) is 13.2. The van der Waals surface area contributed by atoms with E-state index in [0.717, 1.165) is 49.6 Å². The van der Waals surface area contributed by atoms with Crippen molar-refractivity contribution in [1.82, 2.24) is 35.1 Å². The number of piperazine rings is 1. The molecule has 1 aromatic heterocycles. The number of ether oxygens (including phenoxy) is 1. The Morgan fingerprint density at radius 3 is 1.95 bits per heavy atom. The number of carbonyl (C=O) groups excluding carboxylic acids is 1. The Morgan fingerprint density at radius 1 is 0.821 bits per heavy atom. The van der Waals surface area contributed by atoms with Crippen LogP contribution in [0, 0.1) is 0 Å². The molecule has 4 N–H and O–H groups in total. The van der Waals surface area contributed by atoms with E-state index in [1.54, 1.807) is 12.1 Å². The van der Waals surface area contributed by atoms with Crippen LogP contribution in [0.5, 0.6) is 5.75 Å². The van der Waals surface area contributed by atoms with Crippen LogP contribution in [0.4, 0.5) is 17.8 Å². The number of hydrazine groups is 1. The first-order chi connectivity index (χ1) is 19.0. The van der Waals surface area contributed by atoms with Crippen molar-refractivity contribution in [2.45, 2.75) is 19.6 Å². The molecule has 0 radical (unpaired) electrons. The number of rotatable bonds is 11. The normalized spacial score (nSPS) is 16.6. The number of nitrogens with zero attached hydrogens (tertiary/aromatic N) is 6. The predicted molar refractivity (Wildman–Crippen MR) is 150 cm³/mol. The Bertz CT molecular complexity index is 1230. The van der Waals surface area contributed by atoms with Crippen molar-refractivity contribution in [1.29, 1.82) is 0 Å². The SMILES string of the molecule is COc1ccc(CNc2nc(NCc3ccc(CN4CCN(C)CC4)cc3)nc(NN3CNC(=O)C3)n2)cc1. The number of aromatic nitrogens is 3. The Morgan fingerprint density at radius 2 is 1.38 bits per heavy atom. The molecule has 0 saturated carbocycles. The molecular weight excluding hydrogens is 496 g/mol. The van der Waals surface area contributed by atoms with E-state index >= 15 is 0 Å². The number of anilines is 3. The van der Waals surface area contributed by atoms with Gasteiger partial charge in [0.1, 0.15) is 5.75 Å². The highest BCUT2D eigenvalue weighted by Gasteiger charge is 2.20. The molecule has 12 heteroatoms. The number of nitrogens with one attached hydrogen (secondary N) is 4. The van der Waals surface area contributed by atoms with Gasteiger partial charge in [0.2, 0.25) is 23.8 Å². The van der Waals surface area contributed by atoms with Crippen molar-refractivity contribution in [2.24, 2.45) is 0 Å². The zero-order chi connectivity index (χ0) is 27.0. The number of hydrogen-bond acceptors (Lipinski definition) is 11. The number of benzene rings is 2. The predicted octanol–water partition coefficient (Wildman–Crippen LogP) is 1.57. The van der Waals surface area contributed by atoms with Crippen molar-refractivity contribution in [3.05, 3.63) is 65.2 Å². The third-order valence-electron chi connectivity index (χ3n) is 6.78. The van der Waals surface area contributed by atoms with E-state index in [-0.39, 0.29) is 12.5 Å². The maximum Gasteiger partial charge on any atom is 0.244 e. The van der Waals surface area contributed by atoms with Gasteiger partial charge in [-0.05, 0) is 35.9 Å². The minimum atomic E-state index is -0.0520. The van der Waals surface area contributed by atoms with E-state index < -0.39 is 0 Å². The van der Waals surface area contributed by atoms with Gasteiger partial charge in [0, 0.05) is 45.8 Å². The molecule has 206 valence electrons. The lowest BCUT2D eigenvalue weighted by molar-refractivity contribution is -0.118. The molecular formula is C27H36N10O2. The summed E-state index contributed by atoms with van der Waals surface area (Å²) in [6.07, 6.45) is 0. The summed E-state index contributed by atoms with van der Waals surface area (Å²) in [5, 5.41) is 11.1. The van der Waals surface area contributed by atoms with E-state index in [2.05, 4.69) is 77.4 Å². The Hall–Kier alpha value is -4.00. The van der Waals surface area contributed by atoms with Crippen LogP contribution in [0.2, 0.25) is 0 Å². The Balaban J connectivity index is 1.22. The number of amides is 1. The van der Waals surface area contributed by atoms with Gasteiger partial charge >= 0.3 is 0 Å². The lowest BCUT2D eigenvalue weighted by Crippen LogP contribution is -2.43. The van der Waals surface area contributed by atoms with Crippen molar-refractivity contribution in [3.63, 3.8) is 0 Å². The fourth-order valence-corrected chi connectivity index (χ4v) is 4.41. The summed E-state index contributed by atoms with van der Waals surface area (Å²) in [5.41, 5.74) is 6.60. The summed E-state index contributed by atoms with van der Waals surface area (Å²) in [6.45, 7) is 7.12. The smallest absolute Gasteiger partial charge is 0.244 e. The summed E-state index contributed by atoms with van der Waals surface area (Å²) in [4.78, 5) is 30.1. The van der Waals surface area contributed by atoms with Crippen LogP contribution in [0.3, 0.4) is 0 Å². The highest BCUT2D eigenvalue weighted by Crippen LogP contribution is 2.16. The maximum absolute atomic E-state index is 11.6. The number of methoxy groups -OCH3 is 1. The number of likely N-dealkylation sites (N-methyl/N-ethyl adjacent to an activating group) is 1. The third-order valence-corrected chi connectivity index (χ3v) is 6.78. The molecule has 2 fully saturated rings. The molecule has 0 spiro atoms. The van der Waals surface area contributed by atoms with Gasteiger partial charge in [-0.1, -0.05) is 36.4 Å². The molecule has 0 bridgehead atoms. The average molecular weight is 533 g/mol. The van der Waals surface area contributed by atoms with Crippen LogP contribution in [-0.4, -0.2) is 89.2 Å². The fourth-order valence-electron chi connectivity index (χ4n) is 4.41. The Kier molecular flexibility index (Phi) is 8.66. The highest BCUT2D eigenvalue weighted by atomic mass is 16.5. The summed E-state index contributed by atoms with van der Waals surface area (Å²) < 4.78 is 5.23. The van der Waals surface area contributed by atoms with E-state index in [0.29, 0.717) is 37.6 Å². The molecule has 2 aliphatic rings. The molecule has 2 saturated heterocycles. The number of hydrogen-bond donors (Lipinski definition) is 4. The molecule has 2 aliphatic heterocycles. The van der Waals surface area contributed by atoms with E-state index in [9.17, 15) is 4.79 Å². The first kappa shape index (κ1) is 26.6. The van der Waals surface area contributed by atoms with Crippen molar-refractivity contribution in [3.8, 4) is 5.75 Å². The van der Waals surface area contributed by atoms with Gasteiger partial charge in [0.05, 0.1) is 20.3 Å². The van der Waals surface area contributed by atoms with Gasteiger partial charge in [0.25, 0.3) is 0 Å². The quantitative estimate of drug-likeness (QED) is 0.288. The summed E-state index contributed by atoms with van der Waals surface area (Å²) in [7, 11) is 3.82. The molecule has 12 nitrogen and oxygen atoms in total. The van der Waals surface area contributed by atoms with E-state index in [1.165, 1.54) is 5.56 Å². The molecule has 0 atom stereocenters. The summed E-state index contributed by atoms with van der Waals surface area (Å²) >= 11 is 0. The summed E-state index contributed by atoms with van der Waals surface area (Å²) in [6, 6.07) is 16.5. The zero-order valence-electron chi connectivity index (χ0n) is 22.5. The van der Waals surface area contributed by atoms with Crippen LogP contribution < -0.4 is 26.1 Å². The molecule has 0 unspecified atom stereocenters. The standard InChI is InChI=1S/C27H36N10O2/c1-35-11-13-36(14-12-35)17-22-5-3-20(4-6-22)15-28-25-31-26(29-16-21-7-9-23(39-2)10-8-21)33-27(32-25)34-37-18-24(38)30-19-37/h3-10H,11-19H2,1-2H3,(H,30,38)(H3,28,29,31,32,33,34). The lowest BCUT2D eigenvalue weighted by Gasteiger charge is -2.32. The van der Waals surface area contributed by atoms with Crippen molar-refractivity contribution >= 4 is 23.8 Å². The van der Waals surface area contributed by atoms with E-state index in [1.807, 2.05) is 24.3 Å². The van der Waals surface area contributed by atoms with Gasteiger partial charge in [-0.2, -0.15) is 20.0 Å². The molecule has 0 aliphatic carbocycles. The van der Waals surface area contributed by atoms with Crippen molar-refractivity contribution in [2.75, 3.05) is 69.6 Å². The molecule has 39 heavy (non-hydrogen) atoms. The van der Waals surface area contributed by atoms with Gasteiger partial charge in [-0.25, -0.2) is 0 Å².